The first-order valence-corrected chi connectivity index (χ1v) is 5.72. The number of carbonyl (C=O) groups is 1. The highest BCUT2D eigenvalue weighted by molar-refractivity contribution is 5.94. The average Bonchev–Trinajstić information content (AvgIpc) is 2.32. The lowest BCUT2D eigenvalue weighted by Gasteiger charge is -2.17. The molecule has 1 N–H and O–H groups in total. The van der Waals surface area contributed by atoms with E-state index in [1.54, 1.807) is 24.9 Å². The predicted molar refractivity (Wildman–Crippen MR) is 66.6 cm³/mol. The van der Waals surface area contributed by atoms with E-state index in [1.807, 2.05) is 7.05 Å². The average molecular weight is 238 g/mol. The molecule has 0 aliphatic heterocycles. The lowest BCUT2D eigenvalue weighted by Crippen LogP contribution is -2.29. The van der Waals surface area contributed by atoms with Crippen molar-refractivity contribution in [2.75, 3.05) is 27.2 Å². The second-order valence-electron chi connectivity index (χ2n) is 4.15. The molecule has 1 aromatic carbocycles. The van der Waals surface area contributed by atoms with Crippen LogP contribution in [0.25, 0.3) is 0 Å². The van der Waals surface area contributed by atoms with E-state index in [9.17, 15) is 9.18 Å². The zero-order chi connectivity index (χ0) is 12.8. The van der Waals surface area contributed by atoms with Gasteiger partial charge in [0.25, 0.3) is 5.91 Å². The van der Waals surface area contributed by atoms with Gasteiger partial charge in [-0.2, -0.15) is 0 Å². The minimum absolute atomic E-state index is 0.0656. The minimum Gasteiger partial charge on any atom is -0.342 e. The topological polar surface area (TPSA) is 32.3 Å². The smallest absolute Gasteiger partial charge is 0.253 e. The maximum absolute atomic E-state index is 13.1. The summed E-state index contributed by atoms with van der Waals surface area (Å²) < 4.78 is 13.1. The zero-order valence-corrected chi connectivity index (χ0v) is 10.6. The van der Waals surface area contributed by atoms with Crippen molar-refractivity contribution in [2.24, 2.45) is 0 Å². The van der Waals surface area contributed by atoms with Gasteiger partial charge in [0.2, 0.25) is 0 Å². The number of aryl methyl sites for hydroxylation is 1. The molecular formula is C13H19FN2O. The Hall–Kier alpha value is -1.42. The normalized spacial score (nSPS) is 10.4. The summed E-state index contributed by atoms with van der Waals surface area (Å²) in [6.07, 6.45) is 0.902. The van der Waals surface area contributed by atoms with Crippen LogP contribution < -0.4 is 5.32 Å². The molecule has 0 atom stereocenters. The van der Waals surface area contributed by atoms with Gasteiger partial charge in [-0.25, -0.2) is 4.39 Å². The SMILES string of the molecule is CNCCCN(C)C(=O)c1ccc(F)c(C)c1. The fraction of sp³-hybridized carbons (Fsp3) is 0.462. The zero-order valence-electron chi connectivity index (χ0n) is 10.6. The summed E-state index contributed by atoms with van der Waals surface area (Å²) in [6, 6.07) is 4.45. The van der Waals surface area contributed by atoms with Crippen LogP contribution in [0.15, 0.2) is 18.2 Å². The van der Waals surface area contributed by atoms with Crippen molar-refractivity contribution in [3.8, 4) is 0 Å². The van der Waals surface area contributed by atoms with E-state index >= 15 is 0 Å². The summed E-state index contributed by atoms with van der Waals surface area (Å²) in [4.78, 5) is 13.6. The van der Waals surface area contributed by atoms with Crippen molar-refractivity contribution < 1.29 is 9.18 Å². The number of hydrogen-bond donors (Lipinski definition) is 1. The Balaban J connectivity index is 2.65. The van der Waals surface area contributed by atoms with E-state index in [4.69, 9.17) is 0 Å². The summed E-state index contributed by atoms with van der Waals surface area (Å²) in [6.45, 7) is 3.23. The molecule has 0 aromatic heterocycles. The number of nitrogens with zero attached hydrogens (tertiary/aromatic N) is 1. The summed E-state index contributed by atoms with van der Waals surface area (Å²) in [5, 5.41) is 3.03. The molecule has 0 saturated carbocycles. The Bertz CT molecular complexity index is 393. The lowest BCUT2D eigenvalue weighted by atomic mass is 10.1. The molecule has 0 heterocycles. The highest BCUT2D eigenvalue weighted by atomic mass is 19.1. The maximum atomic E-state index is 13.1. The van der Waals surface area contributed by atoms with Gasteiger partial charge in [-0.05, 0) is 50.7 Å². The highest BCUT2D eigenvalue weighted by Crippen LogP contribution is 2.11. The predicted octanol–water partition coefficient (Wildman–Crippen LogP) is 1.82. The third-order valence-electron chi connectivity index (χ3n) is 2.67. The Morgan fingerprint density at radius 2 is 2.18 bits per heavy atom. The van der Waals surface area contributed by atoms with Crippen LogP contribution in [0.4, 0.5) is 4.39 Å². The van der Waals surface area contributed by atoms with E-state index in [1.165, 1.54) is 12.1 Å². The molecule has 0 aliphatic carbocycles. The van der Waals surface area contributed by atoms with Crippen molar-refractivity contribution in [1.82, 2.24) is 10.2 Å². The molecule has 4 heteroatoms. The molecule has 0 fully saturated rings. The fourth-order valence-electron chi connectivity index (χ4n) is 1.59. The van der Waals surface area contributed by atoms with Crippen molar-refractivity contribution in [2.45, 2.75) is 13.3 Å². The van der Waals surface area contributed by atoms with Gasteiger partial charge in [-0.15, -0.1) is 0 Å². The van der Waals surface area contributed by atoms with Crippen LogP contribution in [0.3, 0.4) is 0 Å². The van der Waals surface area contributed by atoms with Crippen LogP contribution in [0.2, 0.25) is 0 Å². The number of carbonyl (C=O) groups excluding carboxylic acids is 1. The van der Waals surface area contributed by atoms with Crippen LogP contribution in [0.1, 0.15) is 22.3 Å². The van der Waals surface area contributed by atoms with Gasteiger partial charge in [0.1, 0.15) is 5.82 Å². The fourth-order valence-corrected chi connectivity index (χ4v) is 1.59. The van der Waals surface area contributed by atoms with E-state index in [-0.39, 0.29) is 11.7 Å². The summed E-state index contributed by atoms with van der Waals surface area (Å²) in [5.41, 5.74) is 1.04. The number of rotatable bonds is 5. The van der Waals surface area contributed by atoms with Crippen LogP contribution in [0, 0.1) is 12.7 Å². The molecule has 94 valence electrons. The van der Waals surface area contributed by atoms with Crippen molar-refractivity contribution >= 4 is 5.91 Å². The van der Waals surface area contributed by atoms with Crippen LogP contribution in [0.5, 0.6) is 0 Å². The largest absolute Gasteiger partial charge is 0.342 e. The van der Waals surface area contributed by atoms with Crippen LogP contribution in [-0.4, -0.2) is 38.0 Å². The Morgan fingerprint density at radius 1 is 1.47 bits per heavy atom. The van der Waals surface area contributed by atoms with Gasteiger partial charge >= 0.3 is 0 Å². The van der Waals surface area contributed by atoms with E-state index in [0.717, 1.165) is 13.0 Å². The third kappa shape index (κ3) is 3.82. The molecule has 0 radical (unpaired) electrons. The third-order valence-corrected chi connectivity index (χ3v) is 2.67. The molecule has 0 spiro atoms. The molecule has 1 aromatic rings. The molecule has 1 amide bonds. The van der Waals surface area contributed by atoms with Crippen molar-refractivity contribution in [3.05, 3.63) is 35.1 Å². The van der Waals surface area contributed by atoms with Gasteiger partial charge in [0.15, 0.2) is 0 Å². The first-order valence-electron chi connectivity index (χ1n) is 5.72. The number of hydrogen-bond acceptors (Lipinski definition) is 2. The highest BCUT2D eigenvalue weighted by Gasteiger charge is 2.12. The number of nitrogens with one attached hydrogen (secondary N) is 1. The summed E-state index contributed by atoms with van der Waals surface area (Å²) in [5.74, 6) is -0.344. The van der Waals surface area contributed by atoms with Gasteiger partial charge in [-0.1, -0.05) is 0 Å². The standard InChI is InChI=1S/C13H19FN2O/c1-10-9-11(5-6-12(10)14)13(17)16(3)8-4-7-15-2/h5-6,9,15H,4,7-8H2,1-3H3. The monoisotopic (exact) mass is 238 g/mol. The first-order chi connectivity index (χ1) is 8.06. The molecule has 0 saturated heterocycles. The molecule has 0 unspecified atom stereocenters. The number of benzene rings is 1. The molecule has 0 aliphatic rings. The van der Waals surface area contributed by atoms with Gasteiger partial charge < -0.3 is 10.2 Å². The molecule has 0 bridgehead atoms. The molecule has 3 nitrogen and oxygen atoms in total. The first kappa shape index (κ1) is 13.6. The Kier molecular flexibility index (Phi) is 5.10. The van der Waals surface area contributed by atoms with Crippen molar-refractivity contribution in [1.29, 1.82) is 0 Å². The Labute approximate surface area is 102 Å². The van der Waals surface area contributed by atoms with Crippen LogP contribution in [-0.2, 0) is 0 Å². The maximum Gasteiger partial charge on any atom is 0.253 e. The van der Waals surface area contributed by atoms with E-state index < -0.39 is 0 Å². The molecule has 1 rings (SSSR count). The second-order valence-corrected chi connectivity index (χ2v) is 4.15. The summed E-state index contributed by atoms with van der Waals surface area (Å²) in [7, 11) is 3.64. The van der Waals surface area contributed by atoms with Gasteiger partial charge in [0.05, 0.1) is 0 Å². The number of amides is 1. The lowest BCUT2D eigenvalue weighted by molar-refractivity contribution is 0.0793. The second kappa shape index (κ2) is 6.35. The Morgan fingerprint density at radius 3 is 2.76 bits per heavy atom. The molecular weight excluding hydrogens is 219 g/mol. The van der Waals surface area contributed by atoms with Gasteiger partial charge in [0, 0.05) is 19.2 Å². The minimum atomic E-state index is -0.278. The van der Waals surface area contributed by atoms with Crippen LogP contribution >= 0.6 is 0 Å². The van der Waals surface area contributed by atoms with Gasteiger partial charge in [-0.3, -0.25) is 4.79 Å². The number of halogens is 1. The molecule has 17 heavy (non-hydrogen) atoms. The quantitative estimate of drug-likeness (QED) is 0.794. The summed E-state index contributed by atoms with van der Waals surface area (Å²) >= 11 is 0. The van der Waals surface area contributed by atoms with E-state index in [0.29, 0.717) is 17.7 Å². The van der Waals surface area contributed by atoms with Crippen molar-refractivity contribution in [3.63, 3.8) is 0 Å². The van der Waals surface area contributed by atoms with E-state index in [2.05, 4.69) is 5.32 Å².